The second-order valence-corrected chi connectivity index (χ2v) is 5.44. The van der Waals surface area contributed by atoms with Crippen molar-refractivity contribution in [3.05, 3.63) is 24.5 Å². The number of tetrazole rings is 1. The quantitative estimate of drug-likeness (QED) is 0.841. The van der Waals surface area contributed by atoms with Crippen LogP contribution < -0.4 is 0 Å². The first kappa shape index (κ1) is 13.7. The normalized spacial score (nSPS) is 16.1. The Morgan fingerprint density at radius 3 is 2.71 bits per heavy atom. The molecule has 0 spiro atoms. The van der Waals surface area contributed by atoms with Gasteiger partial charge in [0.15, 0.2) is 0 Å². The molecule has 7 nitrogen and oxygen atoms in total. The highest BCUT2D eigenvalue weighted by atomic mass is 16.2. The molecule has 2 aromatic rings. The summed E-state index contributed by atoms with van der Waals surface area (Å²) < 4.78 is 0. The Hall–Kier alpha value is -2.31. The lowest BCUT2D eigenvalue weighted by molar-refractivity contribution is -0.133. The molecule has 1 fully saturated rings. The van der Waals surface area contributed by atoms with Crippen molar-refractivity contribution in [1.82, 2.24) is 30.1 Å². The number of likely N-dealkylation sites (tertiary alicyclic amines) is 1. The van der Waals surface area contributed by atoms with Crippen molar-refractivity contribution < 1.29 is 4.79 Å². The molecule has 1 aliphatic rings. The number of carbonyl (C=O) groups is 1. The number of hydrogen-bond donors (Lipinski definition) is 0. The number of pyridine rings is 1. The summed E-state index contributed by atoms with van der Waals surface area (Å²) in [5.41, 5.74) is 0.843. The SMILES string of the molecule is CC1CCN(C(=O)Cn2nnc(-c3ccncc3)n2)CC1. The Kier molecular flexibility index (Phi) is 3.89. The largest absolute Gasteiger partial charge is 0.341 e. The summed E-state index contributed by atoms with van der Waals surface area (Å²) in [7, 11) is 0. The highest BCUT2D eigenvalue weighted by molar-refractivity contribution is 5.75. The van der Waals surface area contributed by atoms with Crippen molar-refractivity contribution in [2.24, 2.45) is 5.92 Å². The van der Waals surface area contributed by atoms with Gasteiger partial charge in [-0.2, -0.15) is 4.80 Å². The molecule has 0 aromatic carbocycles. The maximum atomic E-state index is 12.2. The van der Waals surface area contributed by atoms with Gasteiger partial charge in [0.2, 0.25) is 11.7 Å². The third kappa shape index (κ3) is 3.24. The molecule has 0 unspecified atom stereocenters. The number of carbonyl (C=O) groups excluding carboxylic acids is 1. The highest BCUT2D eigenvalue weighted by Gasteiger charge is 2.21. The first-order valence-corrected chi connectivity index (χ1v) is 7.18. The van der Waals surface area contributed by atoms with Gasteiger partial charge in [-0.05, 0) is 36.1 Å². The van der Waals surface area contributed by atoms with Gasteiger partial charge in [0.05, 0.1) is 0 Å². The Labute approximate surface area is 123 Å². The third-order valence-electron chi connectivity index (χ3n) is 3.80. The van der Waals surface area contributed by atoms with Crippen LogP contribution in [0.5, 0.6) is 0 Å². The van der Waals surface area contributed by atoms with E-state index in [-0.39, 0.29) is 12.5 Å². The number of amides is 1. The summed E-state index contributed by atoms with van der Waals surface area (Å²) in [5, 5.41) is 12.2. The molecule has 0 radical (unpaired) electrons. The Balaban J connectivity index is 1.63. The van der Waals surface area contributed by atoms with Crippen LogP contribution in [-0.4, -0.2) is 49.1 Å². The van der Waals surface area contributed by atoms with E-state index < -0.39 is 0 Å². The van der Waals surface area contributed by atoms with Crippen molar-refractivity contribution in [2.75, 3.05) is 13.1 Å². The summed E-state index contributed by atoms with van der Waals surface area (Å²) in [4.78, 5) is 19.4. The maximum absolute atomic E-state index is 12.2. The number of aromatic nitrogens is 5. The molecule has 0 N–H and O–H groups in total. The van der Waals surface area contributed by atoms with Crippen LogP contribution in [0.4, 0.5) is 0 Å². The van der Waals surface area contributed by atoms with Gasteiger partial charge in [-0.15, -0.1) is 10.2 Å². The molecule has 1 saturated heterocycles. The summed E-state index contributed by atoms with van der Waals surface area (Å²) in [6.07, 6.45) is 5.49. The predicted molar refractivity (Wildman–Crippen MR) is 76.0 cm³/mol. The summed E-state index contributed by atoms with van der Waals surface area (Å²) in [6.45, 7) is 4.02. The van der Waals surface area contributed by atoms with E-state index in [1.165, 1.54) is 4.80 Å². The van der Waals surface area contributed by atoms with Crippen molar-refractivity contribution in [2.45, 2.75) is 26.3 Å². The van der Waals surface area contributed by atoms with Crippen molar-refractivity contribution >= 4 is 5.91 Å². The summed E-state index contributed by atoms with van der Waals surface area (Å²) in [6, 6.07) is 3.63. The van der Waals surface area contributed by atoms with E-state index in [1.807, 2.05) is 17.0 Å². The monoisotopic (exact) mass is 286 g/mol. The van der Waals surface area contributed by atoms with Crippen molar-refractivity contribution in [3.63, 3.8) is 0 Å². The minimum atomic E-state index is 0.0561. The average molecular weight is 286 g/mol. The minimum absolute atomic E-state index is 0.0561. The molecule has 0 atom stereocenters. The van der Waals surface area contributed by atoms with E-state index in [2.05, 4.69) is 27.3 Å². The Morgan fingerprint density at radius 2 is 2.00 bits per heavy atom. The van der Waals surface area contributed by atoms with Crippen LogP contribution in [0.15, 0.2) is 24.5 Å². The summed E-state index contributed by atoms with van der Waals surface area (Å²) in [5.74, 6) is 1.27. The topological polar surface area (TPSA) is 76.8 Å². The smallest absolute Gasteiger partial charge is 0.246 e. The third-order valence-corrected chi connectivity index (χ3v) is 3.80. The lowest BCUT2D eigenvalue weighted by Gasteiger charge is -2.30. The van der Waals surface area contributed by atoms with Crippen LogP contribution >= 0.6 is 0 Å². The molecular weight excluding hydrogens is 268 g/mol. The average Bonchev–Trinajstić information content (AvgIpc) is 2.97. The molecule has 1 aliphatic heterocycles. The second-order valence-electron chi connectivity index (χ2n) is 5.44. The number of hydrogen-bond acceptors (Lipinski definition) is 5. The fourth-order valence-electron chi connectivity index (χ4n) is 2.41. The first-order valence-electron chi connectivity index (χ1n) is 7.18. The van der Waals surface area contributed by atoms with Gasteiger partial charge in [0.25, 0.3) is 0 Å². The minimum Gasteiger partial charge on any atom is -0.341 e. The molecule has 2 aromatic heterocycles. The molecule has 1 amide bonds. The molecule has 3 rings (SSSR count). The molecule has 0 bridgehead atoms. The van der Waals surface area contributed by atoms with E-state index in [4.69, 9.17) is 0 Å². The zero-order valence-electron chi connectivity index (χ0n) is 12.0. The lowest BCUT2D eigenvalue weighted by atomic mass is 9.99. The van der Waals surface area contributed by atoms with E-state index in [1.54, 1.807) is 12.4 Å². The molecule has 3 heterocycles. The zero-order chi connectivity index (χ0) is 14.7. The zero-order valence-corrected chi connectivity index (χ0v) is 12.0. The van der Waals surface area contributed by atoms with Crippen molar-refractivity contribution in [3.8, 4) is 11.4 Å². The van der Waals surface area contributed by atoms with Gasteiger partial charge < -0.3 is 4.90 Å². The molecule has 7 heteroatoms. The van der Waals surface area contributed by atoms with Gasteiger partial charge in [-0.3, -0.25) is 9.78 Å². The van der Waals surface area contributed by atoms with Crippen LogP contribution in [0.1, 0.15) is 19.8 Å². The fraction of sp³-hybridized carbons (Fsp3) is 0.500. The van der Waals surface area contributed by atoms with E-state index in [9.17, 15) is 4.79 Å². The van der Waals surface area contributed by atoms with E-state index >= 15 is 0 Å². The van der Waals surface area contributed by atoms with Gasteiger partial charge in [-0.25, -0.2) is 0 Å². The summed E-state index contributed by atoms with van der Waals surface area (Å²) >= 11 is 0. The number of rotatable bonds is 3. The second kappa shape index (κ2) is 5.99. The Morgan fingerprint density at radius 1 is 1.29 bits per heavy atom. The fourth-order valence-corrected chi connectivity index (χ4v) is 2.41. The van der Waals surface area contributed by atoms with Gasteiger partial charge in [0, 0.05) is 31.0 Å². The lowest BCUT2D eigenvalue weighted by Crippen LogP contribution is -2.40. The van der Waals surface area contributed by atoms with Gasteiger partial charge in [0.1, 0.15) is 6.54 Å². The molecule has 0 saturated carbocycles. The number of piperidine rings is 1. The van der Waals surface area contributed by atoms with Crippen LogP contribution in [0.3, 0.4) is 0 Å². The molecule has 110 valence electrons. The van der Waals surface area contributed by atoms with E-state index in [0.29, 0.717) is 11.7 Å². The van der Waals surface area contributed by atoms with E-state index in [0.717, 1.165) is 31.5 Å². The molecular formula is C14H18N6O. The van der Waals surface area contributed by atoms with Crippen molar-refractivity contribution in [1.29, 1.82) is 0 Å². The standard InChI is InChI=1S/C14H18N6O/c1-11-4-8-19(9-5-11)13(21)10-20-17-14(16-18-20)12-2-6-15-7-3-12/h2-3,6-7,11H,4-5,8-10H2,1H3. The van der Waals surface area contributed by atoms with Gasteiger partial charge >= 0.3 is 0 Å². The van der Waals surface area contributed by atoms with Crippen LogP contribution in [0.2, 0.25) is 0 Å². The first-order chi connectivity index (χ1) is 10.2. The van der Waals surface area contributed by atoms with Crippen LogP contribution in [-0.2, 0) is 11.3 Å². The van der Waals surface area contributed by atoms with Crippen LogP contribution in [0.25, 0.3) is 11.4 Å². The van der Waals surface area contributed by atoms with Gasteiger partial charge in [-0.1, -0.05) is 6.92 Å². The maximum Gasteiger partial charge on any atom is 0.246 e. The Bertz CT molecular complexity index is 603. The number of nitrogens with zero attached hydrogens (tertiary/aromatic N) is 6. The molecule has 21 heavy (non-hydrogen) atoms. The van der Waals surface area contributed by atoms with Crippen LogP contribution in [0, 0.1) is 5.92 Å². The molecule has 0 aliphatic carbocycles. The highest BCUT2D eigenvalue weighted by Crippen LogP contribution is 2.16. The predicted octanol–water partition coefficient (Wildman–Crippen LogP) is 0.994.